The van der Waals surface area contributed by atoms with Crippen LogP contribution in [-0.4, -0.2) is 10.8 Å². The molecule has 0 amide bonds. The summed E-state index contributed by atoms with van der Waals surface area (Å²) in [6.07, 6.45) is 5.61. The number of Topliss-reactive ketones (excluding diaryl/α,β-unsaturated/α-hetero) is 1. The van der Waals surface area contributed by atoms with Gasteiger partial charge < -0.3 is 0 Å². The highest BCUT2D eigenvalue weighted by molar-refractivity contribution is 5.86. The number of hydrogen-bond donors (Lipinski definition) is 0. The first-order chi connectivity index (χ1) is 7.97. The van der Waals surface area contributed by atoms with E-state index in [0.29, 0.717) is 12.2 Å². The molecule has 2 rings (SSSR count). The van der Waals surface area contributed by atoms with Crippen LogP contribution in [0.3, 0.4) is 0 Å². The standard InChI is InChI=1S/C15H21NO/c1-15(2,3)10-13(17)12-8-4-6-11-7-5-9-16-14(11)12/h5,7,9,12H,4,6,8,10H2,1-3H3. The number of rotatable bonds is 2. The molecule has 0 saturated carbocycles. The van der Waals surface area contributed by atoms with E-state index in [1.165, 1.54) is 5.56 Å². The molecule has 0 saturated heterocycles. The van der Waals surface area contributed by atoms with Gasteiger partial charge in [0.25, 0.3) is 0 Å². The number of aromatic nitrogens is 1. The average Bonchev–Trinajstić information content (AvgIpc) is 2.26. The molecule has 0 aromatic carbocycles. The van der Waals surface area contributed by atoms with Crippen molar-refractivity contribution < 1.29 is 4.79 Å². The Balaban J connectivity index is 2.21. The first kappa shape index (κ1) is 12.3. The third kappa shape index (κ3) is 2.93. The van der Waals surface area contributed by atoms with Crippen molar-refractivity contribution in [2.75, 3.05) is 0 Å². The van der Waals surface area contributed by atoms with E-state index in [-0.39, 0.29) is 11.3 Å². The Morgan fingerprint density at radius 1 is 1.47 bits per heavy atom. The van der Waals surface area contributed by atoms with Crippen molar-refractivity contribution in [3.63, 3.8) is 0 Å². The summed E-state index contributed by atoms with van der Waals surface area (Å²) < 4.78 is 0. The van der Waals surface area contributed by atoms with E-state index in [0.717, 1.165) is 25.0 Å². The molecule has 0 spiro atoms. The number of aryl methyl sites for hydroxylation is 1. The van der Waals surface area contributed by atoms with Gasteiger partial charge in [0.1, 0.15) is 5.78 Å². The average molecular weight is 231 g/mol. The molecule has 2 nitrogen and oxygen atoms in total. The number of nitrogens with zero attached hydrogens (tertiary/aromatic N) is 1. The maximum atomic E-state index is 12.3. The summed E-state index contributed by atoms with van der Waals surface area (Å²) in [6.45, 7) is 6.35. The first-order valence-electron chi connectivity index (χ1n) is 6.44. The second-order valence-corrected chi connectivity index (χ2v) is 6.20. The Morgan fingerprint density at radius 3 is 2.94 bits per heavy atom. The fourth-order valence-electron chi connectivity index (χ4n) is 2.57. The molecule has 0 bridgehead atoms. The van der Waals surface area contributed by atoms with Crippen molar-refractivity contribution in [1.82, 2.24) is 4.98 Å². The molecule has 0 aliphatic heterocycles. The molecule has 1 atom stereocenters. The molecule has 1 aromatic heterocycles. The van der Waals surface area contributed by atoms with Crippen LogP contribution in [0.15, 0.2) is 18.3 Å². The van der Waals surface area contributed by atoms with Crippen molar-refractivity contribution in [2.24, 2.45) is 5.41 Å². The van der Waals surface area contributed by atoms with Crippen LogP contribution in [0.4, 0.5) is 0 Å². The maximum absolute atomic E-state index is 12.3. The van der Waals surface area contributed by atoms with Crippen LogP contribution in [0.5, 0.6) is 0 Å². The highest BCUT2D eigenvalue weighted by Crippen LogP contribution is 2.33. The fraction of sp³-hybridized carbons (Fsp3) is 0.600. The topological polar surface area (TPSA) is 30.0 Å². The first-order valence-corrected chi connectivity index (χ1v) is 6.44. The summed E-state index contributed by atoms with van der Waals surface area (Å²) in [5.74, 6) is 0.399. The van der Waals surface area contributed by atoms with Gasteiger partial charge in [-0.2, -0.15) is 0 Å². The van der Waals surface area contributed by atoms with Crippen molar-refractivity contribution in [3.05, 3.63) is 29.6 Å². The van der Waals surface area contributed by atoms with Gasteiger partial charge >= 0.3 is 0 Å². The lowest BCUT2D eigenvalue weighted by Crippen LogP contribution is -2.23. The van der Waals surface area contributed by atoms with Gasteiger partial charge in [0.05, 0.1) is 11.6 Å². The van der Waals surface area contributed by atoms with Gasteiger partial charge in [-0.15, -0.1) is 0 Å². The lowest BCUT2D eigenvalue weighted by Gasteiger charge is -2.26. The summed E-state index contributed by atoms with van der Waals surface area (Å²) in [5.41, 5.74) is 2.38. The highest BCUT2D eigenvalue weighted by Gasteiger charge is 2.29. The van der Waals surface area contributed by atoms with E-state index in [9.17, 15) is 4.79 Å². The minimum Gasteiger partial charge on any atom is -0.299 e. The third-order valence-electron chi connectivity index (χ3n) is 3.29. The van der Waals surface area contributed by atoms with Crippen LogP contribution in [0.25, 0.3) is 0 Å². The van der Waals surface area contributed by atoms with Crippen molar-refractivity contribution in [3.8, 4) is 0 Å². The van der Waals surface area contributed by atoms with Gasteiger partial charge in [-0.25, -0.2) is 0 Å². The van der Waals surface area contributed by atoms with Crippen LogP contribution in [-0.2, 0) is 11.2 Å². The van der Waals surface area contributed by atoms with E-state index in [1.54, 1.807) is 0 Å². The summed E-state index contributed by atoms with van der Waals surface area (Å²) in [6, 6.07) is 4.08. The zero-order chi connectivity index (χ0) is 12.5. The van der Waals surface area contributed by atoms with E-state index in [2.05, 4.69) is 31.8 Å². The SMILES string of the molecule is CC(C)(C)CC(=O)C1CCCc2cccnc21. The quantitative estimate of drug-likeness (QED) is 0.779. The number of ketones is 1. The summed E-state index contributed by atoms with van der Waals surface area (Å²) >= 11 is 0. The molecule has 0 radical (unpaired) electrons. The van der Waals surface area contributed by atoms with Gasteiger partial charge in [-0.3, -0.25) is 9.78 Å². The molecule has 1 aliphatic carbocycles. The number of pyridine rings is 1. The van der Waals surface area contributed by atoms with Crippen LogP contribution in [0.2, 0.25) is 0 Å². The van der Waals surface area contributed by atoms with E-state index < -0.39 is 0 Å². The number of fused-ring (bicyclic) bond motifs is 1. The van der Waals surface area contributed by atoms with Crippen LogP contribution in [0, 0.1) is 5.41 Å². The Kier molecular flexibility index (Phi) is 3.32. The molecule has 0 fully saturated rings. The monoisotopic (exact) mass is 231 g/mol. The molecule has 17 heavy (non-hydrogen) atoms. The molecule has 1 heterocycles. The van der Waals surface area contributed by atoms with E-state index in [1.807, 2.05) is 12.3 Å². The summed E-state index contributed by atoms with van der Waals surface area (Å²) in [7, 11) is 0. The molecular weight excluding hydrogens is 210 g/mol. The maximum Gasteiger partial charge on any atom is 0.142 e. The second kappa shape index (κ2) is 4.59. The summed E-state index contributed by atoms with van der Waals surface area (Å²) in [5, 5.41) is 0. The normalized spacial score (nSPS) is 19.8. The van der Waals surface area contributed by atoms with Crippen molar-refractivity contribution in [1.29, 1.82) is 0 Å². The lowest BCUT2D eigenvalue weighted by atomic mass is 9.78. The number of hydrogen-bond acceptors (Lipinski definition) is 2. The smallest absolute Gasteiger partial charge is 0.142 e. The minimum absolute atomic E-state index is 0.0409. The van der Waals surface area contributed by atoms with Crippen LogP contribution in [0.1, 0.15) is 57.2 Å². The molecule has 2 heteroatoms. The van der Waals surface area contributed by atoms with Crippen molar-refractivity contribution >= 4 is 5.78 Å². The Hall–Kier alpha value is -1.18. The van der Waals surface area contributed by atoms with Gasteiger partial charge in [-0.05, 0) is 36.3 Å². The molecule has 1 aliphatic rings. The number of carbonyl (C=O) groups is 1. The predicted octanol–water partition coefficient (Wildman–Crippen LogP) is 3.51. The fourth-order valence-corrected chi connectivity index (χ4v) is 2.57. The Labute approximate surface area is 103 Å². The Morgan fingerprint density at radius 2 is 2.24 bits per heavy atom. The van der Waals surface area contributed by atoms with Crippen LogP contribution >= 0.6 is 0 Å². The van der Waals surface area contributed by atoms with Gasteiger partial charge in [0.15, 0.2) is 0 Å². The zero-order valence-corrected chi connectivity index (χ0v) is 11.0. The Bertz CT molecular complexity index is 417. The molecule has 1 aromatic rings. The highest BCUT2D eigenvalue weighted by atomic mass is 16.1. The van der Waals surface area contributed by atoms with Gasteiger partial charge in [0, 0.05) is 12.6 Å². The molecule has 0 N–H and O–H groups in total. The zero-order valence-electron chi connectivity index (χ0n) is 11.0. The minimum atomic E-state index is 0.0409. The summed E-state index contributed by atoms with van der Waals surface area (Å²) in [4.78, 5) is 16.8. The predicted molar refractivity (Wildman–Crippen MR) is 69.0 cm³/mol. The van der Waals surface area contributed by atoms with Crippen molar-refractivity contribution in [2.45, 2.75) is 52.4 Å². The largest absolute Gasteiger partial charge is 0.299 e. The van der Waals surface area contributed by atoms with E-state index >= 15 is 0 Å². The molecule has 1 unspecified atom stereocenters. The molecule has 92 valence electrons. The van der Waals surface area contributed by atoms with Crippen LogP contribution < -0.4 is 0 Å². The number of carbonyl (C=O) groups excluding carboxylic acids is 1. The van der Waals surface area contributed by atoms with Gasteiger partial charge in [-0.1, -0.05) is 26.8 Å². The van der Waals surface area contributed by atoms with Gasteiger partial charge in [0.2, 0.25) is 0 Å². The molecular formula is C15H21NO. The third-order valence-corrected chi connectivity index (χ3v) is 3.29. The lowest BCUT2D eigenvalue weighted by molar-refractivity contribution is -0.122. The second-order valence-electron chi connectivity index (χ2n) is 6.20. The van der Waals surface area contributed by atoms with E-state index in [4.69, 9.17) is 0 Å².